The predicted molar refractivity (Wildman–Crippen MR) is 141 cm³/mol. The van der Waals surface area contributed by atoms with E-state index in [4.69, 9.17) is 22.1 Å². The molecule has 0 amide bonds. The molecule has 4 aromatic rings. The molecule has 3 heterocycles. The lowest BCUT2D eigenvalue weighted by Crippen LogP contribution is -2.47. The Kier molecular flexibility index (Phi) is 6.73. The van der Waals surface area contributed by atoms with E-state index in [-0.39, 0.29) is 5.56 Å². The van der Waals surface area contributed by atoms with Crippen molar-refractivity contribution >= 4 is 28.9 Å². The van der Waals surface area contributed by atoms with Crippen LogP contribution in [0.4, 0.5) is 0 Å². The Balaban J connectivity index is 1.55. The minimum atomic E-state index is -0.0894. The first kappa shape index (κ1) is 23.7. The van der Waals surface area contributed by atoms with Gasteiger partial charge in [0.05, 0.1) is 31.2 Å². The molecule has 0 spiro atoms. The molecule has 1 aliphatic heterocycles. The molecule has 9 heteroatoms. The summed E-state index contributed by atoms with van der Waals surface area (Å²) in [5.74, 6) is 1.95. The van der Waals surface area contributed by atoms with E-state index < -0.39 is 0 Å². The van der Waals surface area contributed by atoms with Crippen LogP contribution in [0.15, 0.2) is 53.3 Å². The van der Waals surface area contributed by atoms with Crippen molar-refractivity contribution < 1.29 is 4.74 Å². The van der Waals surface area contributed by atoms with Gasteiger partial charge < -0.3 is 9.64 Å². The fourth-order valence-corrected chi connectivity index (χ4v) is 5.20. The summed E-state index contributed by atoms with van der Waals surface area (Å²) in [6, 6.07) is 15.3. The number of hydrogen-bond acceptors (Lipinski definition) is 6. The van der Waals surface area contributed by atoms with Crippen LogP contribution in [0.2, 0.25) is 0 Å². The number of nitrogens with zero attached hydrogens (tertiary/aromatic N) is 6. The lowest BCUT2D eigenvalue weighted by molar-refractivity contribution is 0.0952. The van der Waals surface area contributed by atoms with E-state index in [0.29, 0.717) is 35.1 Å². The van der Waals surface area contributed by atoms with E-state index in [9.17, 15) is 4.79 Å². The third-order valence-corrected chi connectivity index (χ3v) is 7.02. The van der Waals surface area contributed by atoms with Gasteiger partial charge in [-0.3, -0.25) is 18.7 Å². The number of piperazine rings is 1. The predicted octanol–water partition coefficient (Wildman–Crippen LogP) is 3.47. The van der Waals surface area contributed by atoms with Crippen LogP contribution < -0.4 is 10.3 Å². The van der Waals surface area contributed by atoms with E-state index in [1.165, 1.54) is 0 Å². The zero-order chi connectivity index (χ0) is 24.5. The van der Waals surface area contributed by atoms with Gasteiger partial charge in [0.25, 0.3) is 5.56 Å². The highest BCUT2D eigenvalue weighted by atomic mass is 32.1. The molecule has 2 aromatic heterocycles. The third kappa shape index (κ3) is 4.63. The Hall–Kier alpha value is -3.01. The second kappa shape index (κ2) is 9.93. The SMILES string of the molecule is COc1ccccc1Cn1c(=O)c2ccccc2n2c(=S)n(CN3CCN(CC(C)C)CC3)nc12. The van der Waals surface area contributed by atoms with Crippen LogP contribution in [0.3, 0.4) is 0 Å². The summed E-state index contributed by atoms with van der Waals surface area (Å²) < 4.78 is 11.6. The Bertz CT molecular complexity index is 1460. The highest BCUT2D eigenvalue weighted by Crippen LogP contribution is 2.21. The lowest BCUT2D eigenvalue weighted by atomic mass is 10.2. The number of ether oxygens (including phenoxy) is 1. The second-order valence-corrected chi connectivity index (χ2v) is 9.96. The Morgan fingerprint density at radius 3 is 2.43 bits per heavy atom. The molecule has 0 radical (unpaired) electrons. The van der Waals surface area contributed by atoms with Gasteiger partial charge in [-0.15, -0.1) is 5.10 Å². The van der Waals surface area contributed by atoms with E-state index in [0.717, 1.165) is 49.6 Å². The number of hydrogen-bond donors (Lipinski definition) is 0. The molecular formula is C26H32N6O2S. The molecule has 0 bridgehead atoms. The van der Waals surface area contributed by atoms with Crippen LogP contribution in [0, 0.1) is 10.7 Å². The summed E-state index contributed by atoms with van der Waals surface area (Å²) in [4.78, 5) is 18.5. The van der Waals surface area contributed by atoms with E-state index in [1.54, 1.807) is 11.7 Å². The first-order valence-electron chi connectivity index (χ1n) is 12.1. The number of para-hydroxylation sites is 2. The summed E-state index contributed by atoms with van der Waals surface area (Å²) in [6.45, 7) is 10.6. The zero-order valence-corrected chi connectivity index (χ0v) is 21.4. The highest BCUT2D eigenvalue weighted by molar-refractivity contribution is 7.71. The molecule has 5 rings (SSSR count). The van der Waals surface area contributed by atoms with Gasteiger partial charge in [0.1, 0.15) is 5.75 Å². The molecule has 1 aliphatic rings. The van der Waals surface area contributed by atoms with Gasteiger partial charge in [-0.1, -0.05) is 44.2 Å². The van der Waals surface area contributed by atoms with Gasteiger partial charge in [0.2, 0.25) is 10.5 Å². The normalized spacial score (nSPS) is 15.4. The van der Waals surface area contributed by atoms with Crippen molar-refractivity contribution in [1.29, 1.82) is 0 Å². The maximum atomic E-state index is 13.6. The molecule has 8 nitrogen and oxygen atoms in total. The topological polar surface area (TPSA) is 59.9 Å². The maximum Gasteiger partial charge on any atom is 0.263 e. The van der Waals surface area contributed by atoms with Gasteiger partial charge in [0, 0.05) is 38.3 Å². The van der Waals surface area contributed by atoms with Crippen molar-refractivity contribution in [2.75, 3.05) is 39.8 Å². The standard InChI is InChI=1S/C26H32N6O2S/c1-19(2)16-28-12-14-29(15-13-28)18-31-26(35)32-22-10-6-5-9-21(22)24(33)30(25(32)27-31)17-20-8-4-7-11-23(20)34-3/h4-11,19H,12-18H2,1-3H3. The van der Waals surface area contributed by atoms with Crippen LogP contribution in [-0.4, -0.2) is 68.4 Å². The van der Waals surface area contributed by atoms with Gasteiger partial charge in [0.15, 0.2) is 0 Å². The number of benzene rings is 2. The van der Waals surface area contributed by atoms with Crippen LogP contribution in [0.5, 0.6) is 5.75 Å². The average Bonchev–Trinajstić information content (AvgIpc) is 3.18. The summed E-state index contributed by atoms with van der Waals surface area (Å²) in [7, 11) is 1.64. The third-order valence-electron chi connectivity index (χ3n) is 6.63. The van der Waals surface area contributed by atoms with Crippen LogP contribution in [0.1, 0.15) is 19.4 Å². The van der Waals surface area contributed by atoms with Crippen LogP contribution in [-0.2, 0) is 13.2 Å². The number of aromatic nitrogens is 4. The Morgan fingerprint density at radius 1 is 1.00 bits per heavy atom. The fraction of sp³-hybridized carbons (Fsp3) is 0.423. The monoisotopic (exact) mass is 492 g/mol. The molecule has 0 unspecified atom stereocenters. The molecule has 0 saturated carbocycles. The van der Waals surface area contributed by atoms with Crippen molar-refractivity contribution in [3.63, 3.8) is 0 Å². The zero-order valence-electron chi connectivity index (χ0n) is 20.6. The summed E-state index contributed by atoms with van der Waals surface area (Å²) in [5.41, 5.74) is 1.60. The van der Waals surface area contributed by atoms with Crippen molar-refractivity contribution in [2.45, 2.75) is 27.1 Å². The first-order valence-corrected chi connectivity index (χ1v) is 12.5. The summed E-state index contributed by atoms with van der Waals surface area (Å²) >= 11 is 5.91. The van der Waals surface area contributed by atoms with E-state index in [2.05, 4.69) is 23.6 Å². The van der Waals surface area contributed by atoms with Crippen molar-refractivity contribution in [3.05, 3.63) is 69.2 Å². The second-order valence-electron chi connectivity index (χ2n) is 9.59. The molecule has 0 atom stereocenters. The number of methoxy groups -OCH3 is 1. The molecule has 2 aromatic carbocycles. The first-order chi connectivity index (χ1) is 17.0. The quantitative estimate of drug-likeness (QED) is 0.368. The molecule has 0 N–H and O–H groups in total. The fourth-order valence-electron chi connectivity index (χ4n) is 4.93. The van der Waals surface area contributed by atoms with Gasteiger partial charge in [-0.2, -0.15) is 0 Å². The lowest BCUT2D eigenvalue weighted by Gasteiger charge is -2.35. The summed E-state index contributed by atoms with van der Waals surface area (Å²) in [6.07, 6.45) is 0. The Labute approximate surface area is 209 Å². The maximum absolute atomic E-state index is 13.6. The van der Waals surface area contributed by atoms with E-state index >= 15 is 0 Å². The van der Waals surface area contributed by atoms with Gasteiger partial charge in [-0.25, -0.2) is 4.68 Å². The van der Waals surface area contributed by atoms with E-state index in [1.807, 2.05) is 57.6 Å². The molecule has 0 aliphatic carbocycles. The average molecular weight is 493 g/mol. The molecule has 1 fully saturated rings. The van der Waals surface area contributed by atoms with Gasteiger partial charge >= 0.3 is 0 Å². The minimum Gasteiger partial charge on any atom is -0.496 e. The van der Waals surface area contributed by atoms with Crippen molar-refractivity contribution in [2.24, 2.45) is 5.92 Å². The van der Waals surface area contributed by atoms with Crippen molar-refractivity contribution in [1.82, 2.24) is 28.5 Å². The minimum absolute atomic E-state index is 0.0894. The number of fused-ring (bicyclic) bond motifs is 3. The summed E-state index contributed by atoms with van der Waals surface area (Å²) in [5, 5.41) is 5.50. The Morgan fingerprint density at radius 2 is 1.69 bits per heavy atom. The molecule has 1 saturated heterocycles. The van der Waals surface area contributed by atoms with Crippen LogP contribution in [0.25, 0.3) is 16.7 Å². The molecule has 184 valence electrons. The highest BCUT2D eigenvalue weighted by Gasteiger charge is 2.21. The molecular weight excluding hydrogens is 460 g/mol. The largest absolute Gasteiger partial charge is 0.496 e. The molecule has 35 heavy (non-hydrogen) atoms. The smallest absolute Gasteiger partial charge is 0.263 e. The van der Waals surface area contributed by atoms with Crippen molar-refractivity contribution in [3.8, 4) is 5.75 Å². The van der Waals surface area contributed by atoms with Gasteiger partial charge in [-0.05, 0) is 36.3 Å². The number of rotatable bonds is 7. The van der Waals surface area contributed by atoms with Crippen LogP contribution >= 0.6 is 12.2 Å².